The Balaban J connectivity index is 1.66. The summed E-state index contributed by atoms with van der Waals surface area (Å²) < 4.78 is 0. The molecule has 0 radical (unpaired) electrons. The minimum Gasteiger partial charge on any atom is -0.326 e. The predicted molar refractivity (Wildman–Crippen MR) is 96.7 cm³/mol. The average molecular weight is 336 g/mol. The number of hydrogen-bond donors (Lipinski definition) is 1. The lowest BCUT2D eigenvalue weighted by molar-refractivity contribution is -0.122. The molecular weight excluding hydrogens is 316 g/mol. The molecule has 5 heteroatoms. The number of carbonyl (C=O) groups is 3. The van der Waals surface area contributed by atoms with E-state index < -0.39 is 0 Å². The van der Waals surface area contributed by atoms with E-state index in [4.69, 9.17) is 0 Å². The van der Waals surface area contributed by atoms with Crippen LogP contribution in [-0.4, -0.2) is 24.1 Å². The first kappa shape index (κ1) is 16.9. The van der Waals surface area contributed by atoms with Gasteiger partial charge in [-0.05, 0) is 50.2 Å². The largest absolute Gasteiger partial charge is 0.326 e. The molecule has 0 saturated carbocycles. The SMILES string of the molecule is CC(=O)c1ccc(NC(=O)[C@@H]2CC(=O)N(c3ccc(C)cc3)C2)cc1. The Hall–Kier alpha value is -2.95. The van der Waals surface area contributed by atoms with Crippen molar-refractivity contribution in [3.63, 3.8) is 0 Å². The highest BCUT2D eigenvalue weighted by Crippen LogP contribution is 2.26. The molecule has 3 rings (SSSR count). The Kier molecular flexibility index (Phi) is 4.65. The zero-order valence-corrected chi connectivity index (χ0v) is 14.3. The van der Waals surface area contributed by atoms with Gasteiger partial charge in [0.15, 0.2) is 5.78 Å². The number of nitrogens with one attached hydrogen (secondary N) is 1. The lowest BCUT2D eigenvalue weighted by Crippen LogP contribution is -2.28. The van der Waals surface area contributed by atoms with E-state index in [-0.39, 0.29) is 29.9 Å². The van der Waals surface area contributed by atoms with E-state index in [1.54, 1.807) is 29.2 Å². The molecule has 128 valence electrons. The maximum Gasteiger partial charge on any atom is 0.229 e. The van der Waals surface area contributed by atoms with Crippen LogP contribution in [0.4, 0.5) is 11.4 Å². The molecule has 0 spiro atoms. The Morgan fingerprint density at radius 2 is 1.68 bits per heavy atom. The number of anilines is 2. The highest BCUT2D eigenvalue weighted by Gasteiger charge is 2.35. The third-order valence-electron chi connectivity index (χ3n) is 4.40. The first-order valence-corrected chi connectivity index (χ1v) is 8.23. The molecule has 1 saturated heterocycles. The summed E-state index contributed by atoms with van der Waals surface area (Å²) in [6, 6.07) is 14.4. The summed E-state index contributed by atoms with van der Waals surface area (Å²) in [7, 11) is 0. The van der Waals surface area contributed by atoms with Crippen LogP contribution >= 0.6 is 0 Å². The van der Waals surface area contributed by atoms with E-state index in [1.807, 2.05) is 31.2 Å². The summed E-state index contributed by atoms with van der Waals surface area (Å²) in [5.41, 5.74) is 3.16. The maximum absolute atomic E-state index is 12.5. The van der Waals surface area contributed by atoms with Gasteiger partial charge in [0, 0.05) is 29.9 Å². The highest BCUT2D eigenvalue weighted by molar-refractivity contribution is 6.03. The van der Waals surface area contributed by atoms with E-state index in [0.717, 1.165) is 11.3 Å². The topological polar surface area (TPSA) is 66.5 Å². The zero-order chi connectivity index (χ0) is 18.0. The van der Waals surface area contributed by atoms with Crippen molar-refractivity contribution in [3.05, 3.63) is 59.7 Å². The molecule has 1 atom stereocenters. The number of amides is 2. The number of Topliss-reactive ketones (excluding diaryl/α,β-unsaturated/α-hetero) is 1. The van der Waals surface area contributed by atoms with E-state index >= 15 is 0 Å². The lowest BCUT2D eigenvalue weighted by atomic mass is 10.1. The van der Waals surface area contributed by atoms with Gasteiger partial charge in [0.05, 0.1) is 5.92 Å². The van der Waals surface area contributed by atoms with Crippen molar-refractivity contribution in [1.29, 1.82) is 0 Å². The summed E-state index contributed by atoms with van der Waals surface area (Å²) in [6.45, 7) is 3.86. The third kappa shape index (κ3) is 3.76. The Morgan fingerprint density at radius 1 is 1.04 bits per heavy atom. The predicted octanol–water partition coefficient (Wildman–Crippen LogP) is 3.19. The maximum atomic E-state index is 12.5. The van der Waals surface area contributed by atoms with Crippen LogP contribution in [0.25, 0.3) is 0 Å². The number of nitrogens with zero attached hydrogens (tertiary/aromatic N) is 1. The molecule has 2 aromatic carbocycles. The van der Waals surface area contributed by atoms with Gasteiger partial charge in [0.25, 0.3) is 0 Å². The molecule has 2 aromatic rings. The van der Waals surface area contributed by atoms with E-state index in [0.29, 0.717) is 17.8 Å². The first-order valence-electron chi connectivity index (χ1n) is 8.23. The molecule has 1 aliphatic heterocycles. The van der Waals surface area contributed by atoms with Crippen molar-refractivity contribution in [3.8, 4) is 0 Å². The second kappa shape index (κ2) is 6.89. The minimum atomic E-state index is -0.388. The van der Waals surface area contributed by atoms with Crippen LogP contribution in [0.2, 0.25) is 0 Å². The summed E-state index contributed by atoms with van der Waals surface area (Å²) in [5.74, 6) is -0.635. The van der Waals surface area contributed by atoms with Gasteiger partial charge in [-0.1, -0.05) is 17.7 Å². The number of ketones is 1. The van der Waals surface area contributed by atoms with E-state index in [2.05, 4.69) is 5.32 Å². The summed E-state index contributed by atoms with van der Waals surface area (Å²) in [6.07, 6.45) is 0.200. The van der Waals surface area contributed by atoms with Gasteiger partial charge in [-0.15, -0.1) is 0 Å². The molecule has 1 fully saturated rings. The van der Waals surface area contributed by atoms with Crippen LogP contribution in [-0.2, 0) is 9.59 Å². The van der Waals surface area contributed by atoms with Gasteiger partial charge in [0.2, 0.25) is 11.8 Å². The van der Waals surface area contributed by atoms with E-state index in [9.17, 15) is 14.4 Å². The van der Waals surface area contributed by atoms with Crippen LogP contribution in [0, 0.1) is 12.8 Å². The molecule has 0 bridgehead atoms. The fourth-order valence-corrected chi connectivity index (χ4v) is 2.89. The van der Waals surface area contributed by atoms with Crippen LogP contribution in [0.1, 0.15) is 29.3 Å². The average Bonchev–Trinajstić information content (AvgIpc) is 2.98. The summed E-state index contributed by atoms with van der Waals surface area (Å²) in [5, 5.41) is 2.82. The second-order valence-electron chi connectivity index (χ2n) is 6.36. The number of aryl methyl sites for hydroxylation is 1. The molecule has 1 N–H and O–H groups in total. The highest BCUT2D eigenvalue weighted by atomic mass is 16.2. The fourth-order valence-electron chi connectivity index (χ4n) is 2.89. The summed E-state index contributed by atoms with van der Waals surface area (Å²) >= 11 is 0. The molecule has 0 aromatic heterocycles. The monoisotopic (exact) mass is 336 g/mol. The quantitative estimate of drug-likeness (QED) is 0.872. The molecule has 0 aliphatic carbocycles. The normalized spacial score (nSPS) is 16.8. The molecule has 0 unspecified atom stereocenters. The van der Waals surface area contributed by atoms with Crippen LogP contribution in [0.5, 0.6) is 0 Å². The Labute approximate surface area is 146 Å². The Bertz CT molecular complexity index is 810. The molecule has 1 heterocycles. The van der Waals surface area contributed by atoms with Crippen molar-refractivity contribution < 1.29 is 14.4 Å². The van der Waals surface area contributed by atoms with Gasteiger partial charge in [0.1, 0.15) is 0 Å². The smallest absolute Gasteiger partial charge is 0.229 e. The van der Waals surface area contributed by atoms with Crippen molar-refractivity contribution in [2.24, 2.45) is 5.92 Å². The van der Waals surface area contributed by atoms with E-state index in [1.165, 1.54) is 6.92 Å². The van der Waals surface area contributed by atoms with Crippen molar-refractivity contribution in [1.82, 2.24) is 0 Å². The number of benzene rings is 2. The van der Waals surface area contributed by atoms with Crippen molar-refractivity contribution in [2.75, 3.05) is 16.8 Å². The zero-order valence-electron chi connectivity index (χ0n) is 14.3. The standard InChI is InChI=1S/C20H20N2O3/c1-13-3-9-18(10-4-13)22-12-16(11-19(22)24)20(25)21-17-7-5-15(6-8-17)14(2)23/h3-10,16H,11-12H2,1-2H3,(H,21,25)/t16-/m1/s1. The van der Waals surface area contributed by atoms with Crippen LogP contribution < -0.4 is 10.2 Å². The number of hydrogen-bond acceptors (Lipinski definition) is 3. The minimum absolute atomic E-state index is 0.0204. The molecule has 1 aliphatic rings. The van der Waals surface area contributed by atoms with Gasteiger partial charge in [-0.25, -0.2) is 0 Å². The molecular formula is C20H20N2O3. The molecule has 5 nitrogen and oxygen atoms in total. The Morgan fingerprint density at radius 3 is 2.28 bits per heavy atom. The molecule has 25 heavy (non-hydrogen) atoms. The molecule has 2 amide bonds. The van der Waals surface area contributed by atoms with Gasteiger partial charge in [-0.2, -0.15) is 0 Å². The lowest BCUT2D eigenvalue weighted by Gasteiger charge is -2.17. The first-order chi connectivity index (χ1) is 11.9. The van der Waals surface area contributed by atoms with Gasteiger partial charge >= 0.3 is 0 Å². The second-order valence-corrected chi connectivity index (χ2v) is 6.36. The summed E-state index contributed by atoms with van der Waals surface area (Å²) in [4.78, 5) is 37.6. The third-order valence-corrected chi connectivity index (χ3v) is 4.40. The van der Waals surface area contributed by atoms with Gasteiger partial charge in [-0.3, -0.25) is 14.4 Å². The number of rotatable bonds is 4. The van der Waals surface area contributed by atoms with Crippen LogP contribution in [0.3, 0.4) is 0 Å². The van der Waals surface area contributed by atoms with Crippen molar-refractivity contribution in [2.45, 2.75) is 20.3 Å². The van der Waals surface area contributed by atoms with Gasteiger partial charge < -0.3 is 10.2 Å². The fraction of sp³-hybridized carbons (Fsp3) is 0.250. The van der Waals surface area contributed by atoms with Crippen LogP contribution in [0.15, 0.2) is 48.5 Å². The van der Waals surface area contributed by atoms with Crippen molar-refractivity contribution >= 4 is 29.0 Å². The number of carbonyl (C=O) groups excluding carboxylic acids is 3.